The number of hydrogen-bond acceptors (Lipinski definition) is 3. The Hall–Kier alpha value is -2.41. The SMILES string of the molecule is Cc1cc(C)c(NC(=O)C[NH+](C)CC(=O)N2CCC[C@H](C(N)=O)C2)c(C)c1. The monoisotopic (exact) mass is 375 g/mol. The van der Waals surface area contributed by atoms with Gasteiger partial charge in [-0.3, -0.25) is 14.4 Å². The maximum absolute atomic E-state index is 12.5. The molecule has 7 heteroatoms. The van der Waals surface area contributed by atoms with Crippen molar-refractivity contribution in [2.45, 2.75) is 33.6 Å². The van der Waals surface area contributed by atoms with Gasteiger partial charge in [0.2, 0.25) is 5.91 Å². The highest BCUT2D eigenvalue weighted by Gasteiger charge is 2.28. The molecule has 148 valence electrons. The largest absolute Gasteiger partial charge is 0.369 e. The van der Waals surface area contributed by atoms with Crippen LogP contribution in [-0.4, -0.2) is 55.8 Å². The number of likely N-dealkylation sites (N-methyl/N-ethyl adjacent to an activating group) is 1. The number of quaternary nitrogens is 1. The van der Waals surface area contributed by atoms with Crippen LogP contribution in [0.4, 0.5) is 5.69 Å². The number of hydrogen-bond donors (Lipinski definition) is 3. The summed E-state index contributed by atoms with van der Waals surface area (Å²) in [5.74, 6) is -0.784. The van der Waals surface area contributed by atoms with Crippen LogP contribution >= 0.6 is 0 Å². The summed E-state index contributed by atoms with van der Waals surface area (Å²) >= 11 is 0. The number of nitrogens with one attached hydrogen (secondary N) is 2. The number of nitrogens with zero attached hydrogens (tertiary/aromatic N) is 1. The highest BCUT2D eigenvalue weighted by molar-refractivity contribution is 5.93. The molecule has 1 unspecified atom stereocenters. The molecule has 0 spiro atoms. The summed E-state index contributed by atoms with van der Waals surface area (Å²) in [5, 5.41) is 2.97. The van der Waals surface area contributed by atoms with Gasteiger partial charge in [-0.25, -0.2) is 0 Å². The van der Waals surface area contributed by atoms with Gasteiger partial charge in [0.15, 0.2) is 13.1 Å². The average molecular weight is 375 g/mol. The second kappa shape index (κ2) is 8.99. The van der Waals surface area contributed by atoms with E-state index in [-0.39, 0.29) is 36.7 Å². The Morgan fingerprint density at radius 1 is 1.19 bits per heavy atom. The topological polar surface area (TPSA) is 96.9 Å². The minimum Gasteiger partial charge on any atom is -0.369 e. The molecule has 1 heterocycles. The molecule has 1 fully saturated rings. The highest BCUT2D eigenvalue weighted by atomic mass is 16.2. The molecule has 7 nitrogen and oxygen atoms in total. The van der Waals surface area contributed by atoms with Crippen molar-refractivity contribution in [2.24, 2.45) is 11.7 Å². The van der Waals surface area contributed by atoms with E-state index in [0.29, 0.717) is 13.1 Å². The standard InChI is InChI=1S/C20H30N4O3/c1-13-8-14(2)19(15(3)9-13)22-17(25)11-23(4)12-18(26)24-7-5-6-16(10-24)20(21)27/h8-9,16H,5-7,10-12H2,1-4H3,(H2,21,27)(H,22,25)/p+1/t16-/m0/s1. The molecule has 3 amide bonds. The van der Waals surface area contributed by atoms with Crippen molar-refractivity contribution in [2.75, 3.05) is 38.5 Å². The lowest BCUT2D eigenvalue weighted by molar-refractivity contribution is -0.862. The maximum atomic E-state index is 12.5. The maximum Gasteiger partial charge on any atom is 0.279 e. The van der Waals surface area contributed by atoms with Gasteiger partial charge in [0.1, 0.15) is 0 Å². The Balaban J connectivity index is 1.88. The van der Waals surface area contributed by atoms with Crippen molar-refractivity contribution in [3.8, 4) is 0 Å². The summed E-state index contributed by atoms with van der Waals surface area (Å²) in [4.78, 5) is 38.7. The lowest BCUT2D eigenvalue weighted by atomic mass is 9.97. The minimum atomic E-state index is -0.351. The molecule has 0 saturated carbocycles. The first-order chi connectivity index (χ1) is 12.7. The molecule has 1 aliphatic heterocycles. The van der Waals surface area contributed by atoms with Crippen LogP contribution in [0.15, 0.2) is 12.1 Å². The van der Waals surface area contributed by atoms with Gasteiger partial charge >= 0.3 is 0 Å². The number of primary amides is 1. The second-order valence-electron chi connectivity index (χ2n) is 7.71. The molecule has 0 bridgehead atoms. The molecule has 0 aromatic heterocycles. The number of amides is 3. The predicted octanol–water partition coefficient (Wildman–Crippen LogP) is -0.211. The molecule has 1 saturated heterocycles. The zero-order chi connectivity index (χ0) is 20.1. The van der Waals surface area contributed by atoms with Crippen molar-refractivity contribution in [3.63, 3.8) is 0 Å². The fourth-order valence-corrected chi connectivity index (χ4v) is 3.70. The summed E-state index contributed by atoms with van der Waals surface area (Å²) in [7, 11) is 1.82. The van der Waals surface area contributed by atoms with E-state index in [1.807, 2.05) is 40.0 Å². The molecule has 27 heavy (non-hydrogen) atoms. The number of aryl methyl sites for hydroxylation is 3. The Morgan fingerprint density at radius 2 is 1.81 bits per heavy atom. The number of piperidine rings is 1. The number of benzene rings is 1. The first-order valence-corrected chi connectivity index (χ1v) is 9.43. The van der Waals surface area contributed by atoms with E-state index in [9.17, 15) is 14.4 Å². The van der Waals surface area contributed by atoms with Gasteiger partial charge in [-0.15, -0.1) is 0 Å². The van der Waals surface area contributed by atoms with Gasteiger partial charge in [-0.05, 0) is 44.7 Å². The van der Waals surface area contributed by atoms with Crippen LogP contribution in [0.1, 0.15) is 29.5 Å². The molecule has 0 aliphatic carbocycles. The van der Waals surface area contributed by atoms with Crippen LogP contribution in [0.5, 0.6) is 0 Å². The summed E-state index contributed by atoms with van der Waals surface area (Å²) in [5.41, 5.74) is 9.42. The molecule has 1 aliphatic rings. The van der Waals surface area contributed by atoms with Gasteiger partial charge in [-0.1, -0.05) is 17.7 Å². The molecule has 0 radical (unpaired) electrons. The lowest BCUT2D eigenvalue weighted by Gasteiger charge is -2.31. The predicted molar refractivity (Wildman–Crippen MR) is 104 cm³/mol. The van der Waals surface area contributed by atoms with Crippen LogP contribution in [0.25, 0.3) is 0 Å². The van der Waals surface area contributed by atoms with Crippen LogP contribution in [0.3, 0.4) is 0 Å². The number of likely N-dealkylation sites (tertiary alicyclic amines) is 1. The van der Waals surface area contributed by atoms with Crippen LogP contribution in [-0.2, 0) is 14.4 Å². The fraction of sp³-hybridized carbons (Fsp3) is 0.550. The van der Waals surface area contributed by atoms with Gasteiger partial charge in [0, 0.05) is 18.8 Å². The Labute approximate surface area is 160 Å². The van der Waals surface area contributed by atoms with Crippen LogP contribution in [0.2, 0.25) is 0 Å². The Bertz CT molecular complexity index is 709. The summed E-state index contributed by atoms with van der Waals surface area (Å²) in [6.07, 6.45) is 1.52. The number of rotatable bonds is 6. The smallest absolute Gasteiger partial charge is 0.279 e. The molecule has 2 atom stereocenters. The van der Waals surface area contributed by atoms with Crippen molar-refractivity contribution in [3.05, 3.63) is 28.8 Å². The average Bonchev–Trinajstić information content (AvgIpc) is 2.58. The quantitative estimate of drug-likeness (QED) is 0.642. The number of nitrogens with two attached hydrogens (primary N) is 1. The normalized spacial score (nSPS) is 18.1. The third-order valence-electron chi connectivity index (χ3n) is 5.03. The summed E-state index contributed by atoms with van der Waals surface area (Å²) < 4.78 is 0. The Kier molecular flexibility index (Phi) is 6.96. The number of carbonyl (C=O) groups is 3. The first-order valence-electron chi connectivity index (χ1n) is 9.43. The van der Waals surface area contributed by atoms with E-state index in [4.69, 9.17) is 5.73 Å². The highest BCUT2D eigenvalue weighted by Crippen LogP contribution is 2.21. The van der Waals surface area contributed by atoms with Gasteiger partial charge in [-0.2, -0.15) is 0 Å². The Morgan fingerprint density at radius 3 is 2.41 bits per heavy atom. The van der Waals surface area contributed by atoms with Gasteiger partial charge in [0.05, 0.1) is 13.0 Å². The number of anilines is 1. The number of carbonyl (C=O) groups excluding carboxylic acids is 3. The minimum absolute atomic E-state index is 0.0473. The molecule has 1 aromatic rings. The molecular formula is C20H31N4O3+. The van der Waals surface area contributed by atoms with Crippen molar-refractivity contribution in [1.82, 2.24) is 4.90 Å². The van der Waals surface area contributed by atoms with Crippen molar-refractivity contribution >= 4 is 23.4 Å². The molecule has 1 aromatic carbocycles. The second-order valence-corrected chi connectivity index (χ2v) is 7.71. The van der Waals surface area contributed by atoms with Gasteiger partial charge in [0.25, 0.3) is 11.8 Å². The van der Waals surface area contributed by atoms with E-state index in [1.54, 1.807) is 4.90 Å². The van der Waals surface area contributed by atoms with Crippen LogP contribution in [0, 0.1) is 26.7 Å². The zero-order valence-corrected chi connectivity index (χ0v) is 16.7. The fourth-order valence-electron chi connectivity index (χ4n) is 3.70. The third-order valence-corrected chi connectivity index (χ3v) is 5.03. The zero-order valence-electron chi connectivity index (χ0n) is 16.7. The van der Waals surface area contributed by atoms with Crippen molar-refractivity contribution in [1.29, 1.82) is 0 Å². The summed E-state index contributed by atoms with van der Waals surface area (Å²) in [6, 6.07) is 4.07. The van der Waals surface area contributed by atoms with E-state index < -0.39 is 0 Å². The van der Waals surface area contributed by atoms with E-state index >= 15 is 0 Å². The van der Waals surface area contributed by atoms with E-state index in [2.05, 4.69) is 5.32 Å². The molecular weight excluding hydrogens is 344 g/mol. The molecule has 2 rings (SSSR count). The van der Waals surface area contributed by atoms with Crippen molar-refractivity contribution < 1.29 is 19.3 Å². The van der Waals surface area contributed by atoms with E-state index in [1.165, 1.54) is 0 Å². The molecule has 4 N–H and O–H groups in total. The van der Waals surface area contributed by atoms with Gasteiger partial charge < -0.3 is 20.9 Å². The summed E-state index contributed by atoms with van der Waals surface area (Å²) in [6.45, 7) is 7.41. The van der Waals surface area contributed by atoms with E-state index in [0.717, 1.165) is 40.1 Å². The lowest BCUT2D eigenvalue weighted by Crippen LogP contribution is -3.11. The first kappa shape index (κ1) is 20.9. The van der Waals surface area contributed by atoms with Crippen LogP contribution < -0.4 is 16.0 Å². The third kappa shape index (κ3) is 5.79.